The van der Waals surface area contributed by atoms with E-state index in [2.05, 4.69) is 51.1 Å². The number of rotatable bonds is 10. The molecule has 2 aromatic carbocycles. The van der Waals surface area contributed by atoms with Crippen molar-refractivity contribution in [3.8, 4) is 11.1 Å². The lowest BCUT2D eigenvalue weighted by Crippen LogP contribution is -2.21. The average Bonchev–Trinajstić information content (AvgIpc) is 2.75. The fraction of sp³-hybridized carbons (Fsp3) is 0.586. The molecule has 1 heteroatoms. The van der Waals surface area contributed by atoms with Gasteiger partial charge >= 0.3 is 0 Å². The molecule has 0 heterocycles. The van der Waals surface area contributed by atoms with Gasteiger partial charge < -0.3 is 0 Å². The lowest BCUT2D eigenvalue weighted by molar-refractivity contribution is 0.204. The fourth-order valence-corrected chi connectivity index (χ4v) is 5.33. The van der Waals surface area contributed by atoms with Gasteiger partial charge in [0, 0.05) is 5.56 Å². The van der Waals surface area contributed by atoms with Gasteiger partial charge in [0.15, 0.2) is 0 Å². The molecule has 1 saturated carbocycles. The molecule has 0 amide bonds. The Morgan fingerprint density at radius 3 is 2.20 bits per heavy atom. The Morgan fingerprint density at radius 1 is 0.867 bits per heavy atom. The molecule has 1 aliphatic rings. The number of hydrogen-bond acceptors (Lipinski definition) is 0. The van der Waals surface area contributed by atoms with Crippen LogP contribution >= 0.6 is 0 Å². The van der Waals surface area contributed by atoms with Crippen LogP contribution in [0.1, 0.15) is 89.7 Å². The van der Waals surface area contributed by atoms with Crippen molar-refractivity contribution in [2.45, 2.75) is 91.4 Å². The van der Waals surface area contributed by atoms with Crippen LogP contribution in [-0.4, -0.2) is 0 Å². The molecule has 3 rings (SSSR count). The van der Waals surface area contributed by atoms with E-state index in [-0.39, 0.29) is 5.82 Å². The second-order valence-electron chi connectivity index (χ2n) is 9.72. The van der Waals surface area contributed by atoms with Crippen LogP contribution < -0.4 is 0 Å². The summed E-state index contributed by atoms with van der Waals surface area (Å²) in [7, 11) is 0. The van der Waals surface area contributed by atoms with Gasteiger partial charge in [-0.05, 0) is 66.2 Å². The predicted molar refractivity (Wildman–Crippen MR) is 128 cm³/mol. The highest BCUT2D eigenvalue weighted by Crippen LogP contribution is 2.37. The van der Waals surface area contributed by atoms with Crippen molar-refractivity contribution in [2.75, 3.05) is 0 Å². The minimum absolute atomic E-state index is 0.0810. The van der Waals surface area contributed by atoms with Crippen LogP contribution in [0.3, 0.4) is 0 Å². The molecule has 1 aliphatic carbocycles. The third kappa shape index (κ3) is 6.43. The SMILES string of the molecule is CCCCCC1CCC(C(C)Cc2ccc(-c3ccc(CCC)cc3)c(F)c2)CC1. The van der Waals surface area contributed by atoms with Gasteiger partial charge in [-0.2, -0.15) is 0 Å². The Hall–Kier alpha value is -1.63. The van der Waals surface area contributed by atoms with Gasteiger partial charge in [0.1, 0.15) is 5.82 Å². The third-order valence-electron chi connectivity index (χ3n) is 7.31. The highest BCUT2D eigenvalue weighted by molar-refractivity contribution is 5.64. The molecule has 0 nitrogen and oxygen atoms in total. The first-order chi connectivity index (χ1) is 14.6. The van der Waals surface area contributed by atoms with E-state index in [9.17, 15) is 4.39 Å². The van der Waals surface area contributed by atoms with Crippen LogP contribution in [0.2, 0.25) is 0 Å². The first kappa shape index (κ1) is 23.0. The van der Waals surface area contributed by atoms with Crippen molar-refractivity contribution in [3.05, 3.63) is 59.4 Å². The minimum Gasteiger partial charge on any atom is -0.206 e. The Morgan fingerprint density at radius 2 is 1.57 bits per heavy atom. The maximum absolute atomic E-state index is 14.9. The molecule has 164 valence electrons. The first-order valence-electron chi connectivity index (χ1n) is 12.5. The number of halogens is 1. The summed E-state index contributed by atoms with van der Waals surface area (Å²) >= 11 is 0. The predicted octanol–water partition coefficient (Wildman–Crippen LogP) is 9.01. The van der Waals surface area contributed by atoms with Crippen molar-refractivity contribution in [3.63, 3.8) is 0 Å². The van der Waals surface area contributed by atoms with Gasteiger partial charge in [0.25, 0.3) is 0 Å². The quantitative estimate of drug-likeness (QED) is 0.344. The molecule has 2 aromatic rings. The molecule has 1 fully saturated rings. The zero-order valence-corrected chi connectivity index (χ0v) is 19.4. The molecule has 0 aromatic heterocycles. The summed E-state index contributed by atoms with van der Waals surface area (Å²) in [6, 6.07) is 14.3. The van der Waals surface area contributed by atoms with Crippen LogP contribution in [0.15, 0.2) is 42.5 Å². The fourth-order valence-electron chi connectivity index (χ4n) is 5.33. The van der Waals surface area contributed by atoms with Gasteiger partial charge in [-0.3, -0.25) is 0 Å². The van der Waals surface area contributed by atoms with E-state index in [1.807, 2.05) is 6.07 Å². The molecule has 30 heavy (non-hydrogen) atoms. The largest absolute Gasteiger partial charge is 0.206 e. The van der Waals surface area contributed by atoms with Crippen molar-refractivity contribution in [2.24, 2.45) is 17.8 Å². The summed E-state index contributed by atoms with van der Waals surface area (Å²) in [6.07, 6.45) is 14.3. The Kier molecular flexibility index (Phi) is 8.97. The van der Waals surface area contributed by atoms with Crippen LogP contribution in [0, 0.1) is 23.6 Å². The second-order valence-corrected chi connectivity index (χ2v) is 9.72. The van der Waals surface area contributed by atoms with E-state index < -0.39 is 0 Å². The van der Waals surface area contributed by atoms with Crippen molar-refractivity contribution < 1.29 is 4.39 Å². The summed E-state index contributed by atoms with van der Waals surface area (Å²) in [5.41, 5.74) is 4.18. The first-order valence-corrected chi connectivity index (χ1v) is 12.5. The summed E-state index contributed by atoms with van der Waals surface area (Å²) in [5.74, 6) is 2.32. The van der Waals surface area contributed by atoms with Crippen LogP contribution in [-0.2, 0) is 12.8 Å². The normalized spacial score (nSPS) is 20.3. The Balaban J connectivity index is 1.54. The number of hydrogen-bond donors (Lipinski definition) is 0. The lowest BCUT2D eigenvalue weighted by atomic mass is 9.73. The minimum atomic E-state index is -0.0810. The molecule has 1 atom stereocenters. The number of aryl methyl sites for hydroxylation is 1. The van der Waals surface area contributed by atoms with Gasteiger partial charge in [0.05, 0.1) is 0 Å². The van der Waals surface area contributed by atoms with Crippen molar-refractivity contribution in [1.82, 2.24) is 0 Å². The monoisotopic (exact) mass is 408 g/mol. The smallest absolute Gasteiger partial charge is 0.131 e. The van der Waals surface area contributed by atoms with Crippen molar-refractivity contribution in [1.29, 1.82) is 0 Å². The van der Waals surface area contributed by atoms with Gasteiger partial charge in [-0.15, -0.1) is 0 Å². The van der Waals surface area contributed by atoms with Gasteiger partial charge in [-0.1, -0.05) is 102 Å². The second kappa shape index (κ2) is 11.7. The summed E-state index contributed by atoms with van der Waals surface area (Å²) in [6.45, 7) is 6.85. The van der Waals surface area contributed by atoms with Crippen LogP contribution in [0.5, 0.6) is 0 Å². The van der Waals surface area contributed by atoms with Gasteiger partial charge in [-0.25, -0.2) is 4.39 Å². The van der Waals surface area contributed by atoms with Gasteiger partial charge in [0.2, 0.25) is 0 Å². The molecule has 0 aliphatic heterocycles. The van der Waals surface area contributed by atoms with Crippen LogP contribution in [0.4, 0.5) is 4.39 Å². The average molecular weight is 409 g/mol. The maximum Gasteiger partial charge on any atom is 0.131 e. The van der Waals surface area contributed by atoms with E-state index in [1.54, 1.807) is 6.07 Å². The van der Waals surface area contributed by atoms with E-state index >= 15 is 0 Å². The lowest BCUT2D eigenvalue weighted by Gasteiger charge is -2.32. The Labute approximate surface area is 184 Å². The molecule has 0 saturated heterocycles. The molecular weight excluding hydrogens is 367 g/mol. The number of unbranched alkanes of at least 4 members (excludes halogenated alkanes) is 2. The third-order valence-corrected chi connectivity index (χ3v) is 7.31. The van der Waals surface area contributed by atoms with Crippen LogP contribution in [0.25, 0.3) is 11.1 Å². The standard InChI is InChI=1S/C29H41F/c1-4-6-7-9-24-10-15-26(16-11-24)22(3)20-25-14-19-28(29(30)21-25)27-17-12-23(8-5-2)13-18-27/h12-14,17-19,21-22,24,26H,4-11,15-16,20H2,1-3H3. The molecular formula is C29H41F. The molecule has 0 radical (unpaired) electrons. The Bertz CT molecular complexity index is 752. The number of benzene rings is 2. The van der Waals surface area contributed by atoms with E-state index in [0.29, 0.717) is 5.92 Å². The molecule has 0 bridgehead atoms. The zero-order chi connectivity index (χ0) is 21.3. The molecule has 0 spiro atoms. The highest BCUT2D eigenvalue weighted by atomic mass is 19.1. The van der Waals surface area contributed by atoms with E-state index in [1.165, 1.54) is 56.9 Å². The zero-order valence-electron chi connectivity index (χ0n) is 19.4. The summed E-state index contributed by atoms with van der Waals surface area (Å²) in [4.78, 5) is 0. The summed E-state index contributed by atoms with van der Waals surface area (Å²) in [5, 5.41) is 0. The summed E-state index contributed by atoms with van der Waals surface area (Å²) < 4.78 is 14.9. The highest BCUT2D eigenvalue weighted by Gasteiger charge is 2.25. The topological polar surface area (TPSA) is 0 Å². The van der Waals surface area contributed by atoms with Crippen molar-refractivity contribution >= 4 is 0 Å². The molecule has 0 N–H and O–H groups in total. The van der Waals surface area contributed by atoms with E-state index in [0.717, 1.165) is 47.8 Å². The maximum atomic E-state index is 14.9. The van der Waals surface area contributed by atoms with E-state index in [4.69, 9.17) is 0 Å². The molecule has 1 unspecified atom stereocenters.